The number of hydrogen-bond acceptors (Lipinski definition) is 3. The van der Waals surface area contributed by atoms with Gasteiger partial charge in [-0.25, -0.2) is 18.4 Å². The van der Waals surface area contributed by atoms with Crippen molar-refractivity contribution >= 4 is 5.78 Å². The van der Waals surface area contributed by atoms with Crippen LogP contribution in [0.2, 0.25) is 0 Å². The molecule has 1 saturated carbocycles. The average molecular weight is 289 g/mol. The summed E-state index contributed by atoms with van der Waals surface area (Å²) in [4.78, 5) is 16.0. The van der Waals surface area contributed by atoms with Crippen molar-refractivity contribution in [2.75, 3.05) is 0 Å². The highest BCUT2D eigenvalue weighted by Crippen LogP contribution is 2.41. The molecular formula is C15H13F2N3O. The van der Waals surface area contributed by atoms with E-state index in [9.17, 15) is 13.6 Å². The van der Waals surface area contributed by atoms with Crippen LogP contribution in [0.5, 0.6) is 0 Å². The number of benzene rings is 1. The predicted molar refractivity (Wildman–Crippen MR) is 70.4 cm³/mol. The largest absolute Gasteiger partial charge is 0.290 e. The normalized spacial score (nSPS) is 30.2. The van der Waals surface area contributed by atoms with Crippen LogP contribution in [0, 0.1) is 5.92 Å². The minimum atomic E-state index is -1.25. The van der Waals surface area contributed by atoms with Crippen molar-refractivity contribution in [2.45, 2.75) is 31.2 Å². The number of carbonyl (C=O) groups excluding carboxylic acids is 1. The van der Waals surface area contributed by atoms with Crippen LogP contribution in [0.1, 0.15) is 47.1 Å². The van der Waals surface area contributed by atoms with E-state index in [4.69, 9.17) is 0 Å². The highest BCUT2D eigenvalue weighted by molar-refractivity contribution is 5.96. The number of aromatic nitrogens is 3. The molecule has 4 atom stereocenters. The smallest absolute Gasteiger partial charge is 0.218 e. The Morgan fingerprint density at radius 1 is 1.19 bits per heavy atom. The Kier molecular flexibility index (Phi) is 2.67. The first-order valence-corrected chi connectivity index (χ1v) is 6.99. The molecule has 1 aliphatic heterocycles. The Morgan fingerprint density at radius 2 is 1.90 bits per heavy atom. The summed E-state index contributed by atoms with van der Waals surface area (Å²) in [5.74, 6) is -0.938. The molecule has 0 bridgehead atoms. The van der Waals surface area contributed by atoms with Gasteiger partial charge in [-0.2, -0.15) is 0 Å². The van der Waals surface area contributed by atoms with Crippen LogP contribution < -0.4 is 0 Å². The molecule has 2 aliphatic rings. The maximum absolute atomic E-state index is 14.1. The van der Waals surface area contributed by atoms with Crippen LogP contribution in [0.3, 0.4) is 0 Å². The molecule has 0 N–H and O–H groups in total. The minimum Gasteiger partial charge on any atom is -0.290 e. The molecule has 1 aromatic carbocycles. The van der Waals surface area contributed by atoms with Crippen molar-refractivity contribution in [3.05, 3.63) is 47.5 Å². The molecule has 4 rings (SSSR count). The molecule has 0 spiro atoms. The van der Waals surface area contributed by atoms with Crippen LogP contribution in [-0.2, 0) is 0 Å². The second kappa shape index (κ2) is 4.44. The Hall–Kier alpha value is -2.11. The summed E-state index contributed by atoms with van der Waals surface area (Å²) in [5.41, 5.74) is 0.928. The first-order chi connectivity index (χ1) is 10.1. The third kappa shape index (κ3) is 1.97. The van der Waals surface area contributed by atoms with Crippen LogP contribution >= 0.6 is 0 Å². The van der Waals surface area contributed by atoms with Gasteiger partial charge in [-0.05, 0) is 12.0 Å². The van der Waals surface area contributed by atoms with Crippen LogP contribution in [-0.4, -0.2) is 26.7 Å². The topological polar surface area (TPSA) is 47.8 Å². The lowest BCUT2D eigenvalue weighted by atomic mass is 10.0. The number of rotatable bonds is 3. The molecule has 4 nitrogen and oxygen atoms in total. The standard InChI is InChI=1S/C15H13F2N3O/c16-10-6-9(10)13(21)14-18-15-11(17)7-12(20(15)19-14)8-4-2-1-3-5-8/h1-5,9-12H,6-7H2/t9-,10+,11-,12-/m1/s1. The van der Waals surface area contributed by atoms with Gasteiger partial charge in [0.15, 0.2) is 12.0 Å². The van der Waals surface area contributed by atoms with E-state index in [1.807, 2.05) is 30.3 Å². The Morgan fingerprint density at radius 3 is 2.57 bits per heavy atom. The number of alkyl halides is 2. The van der Waals surface area contributed by atoms with Crippen molar-refractivity contribution in [2.24, 2.45) is 5.92 Å². The third-order valence-corrected chi connectivity index (χ3v) is 4.12. The van der Waals surface area contributed by atoms with Crippen LogP contribution in [0.25, 0.3) is 0 Å². The molecule has 1 fully saturated rings. The predicted octanol–water partition coefficient (Wildman–Crippen LogP) is 2.82. The number of halogens is 2. The molecule has 6 heteroatoms. The number of nitrogens with zero attached hydrogens (tertiary/aromatic N) is 3. The van der Waals surface area contributed by atoms with Crippen molar-refractivity contribution in [1.82, 2.24) is 14.8 Å². The molecule has 2 heterocycles. The second-order valence-corrected chi connectivity index (χ2v) is 5.59. The van der Waals surface area contributed by atoms with Gasteiger partial charge in [0.05, 0.1) is 12.0 Å². The fraction of sp³-hybridized carbons (Fsp3) is 0.400. The molecule has 0 radical (unpaired) electrons. The zero-order chi connectivity index (χ0) is 14.6. The maximum Gasteiger partial charge on any atom is 0.218 e. The molecule has 2 aromatic rings. The molecule has 21 heavy (non-hydrogen) atoms. The molecule has 0 unspecified atom stereocenters. The molecule has 1 aromatic heterocycles. The van der Waals surface area contributed by atoms with Crippen molar-refractivity contribution in [3.8, 4) is 0 Å². The van der Waals surface area contributed by atoms with Gasteiger partial charge in [0.1, 0.15) is 6.17 Å². The lowest BCUT2D eigenvalue weighted by molar-refractivity contribution is 0.0946. The van der Waals surface area contributed by atoms with E-state index >= 15 is 0 Å². The van der Waals surface area contributed by atoms with E-state index in [0.29, 0.717) is 0 Å². The molecule has 108 valence electrons. The zero-order valence-corrected chi connectivity index (χ0v) is 11.1. The van der Waals surface area contributed by atoms with Gasteiger partial charge in [0.25, 0.3) is 0 Å². The van der Waals surface area contributed by atoms with Crippen molar-refractivity contribution < 1.29 is 13.6 Å². The number of Topliss-reactive ketones (excluding diaryl/α,β-unsaturated/α-hetero) is 1. The van der Waals surface area contributed by atoms with Gasteiger partial charge in [-0.1, -0.05) is 30.3 Å². The third-order valence-electron chi connectivity index (χ3n) is 4.12. The van der Waals surface area contributed by atoms with Gasteiger partial charge in [-0.15, -0.1) is 5.10 Å². The van der Waals surface area contributed by atoms with Crippen LogP contribution in [0.4, 0.5) is 8.78 Å². The van der Waals surface area contributed by atoms with Crippen LogP contribution in [0.15, 0.2) is 30.3 Å². The second-order valence-electron chi connectivity index (χ2n) is 5.59. The first kappa shape index (κ1) is 12.6. The lowest BCUT2D eigenvalue weighted by Crippen LogP contribution is -2.11. The van der Waals surface area contributed by atoms with E-state index in [1.54, 1.807) is 0 Å². The number of fused-ring (bicyclic) bond motifs is 1. The molecular weight excluding hydrogens is 276 g/mol. The number of hydrogen-bond donors (Lipinski definition) is 0. The van der Waals surface area contributed by atoms with Crippen molar-refractivity contribution in [1.29, 1.82) is 0 Å². The highest BCUT2D eigenvalue weighted by Gasteiger charge is 2.46. The Bertz CT molecular complexity index is 700. The lowest BCUT2D eigenvalue weighted by Gasteiger charge is -2.11. The van der Waals surface area contributed by atoms with Gasteiger partial charge >= 0.3 is 0 Å². The number of carbonyl (C=O) groups is 1. The minimum absolute atomic E-state index is 0.0570. The zero-order valence-electron chi connectivity index (χ0n) is 11.1. The molecule has 0 saturated heterocycles. The Balaban J connectivity index is 1.69. The van der Waals surface area contributed by atoms with Gasteiger partial charge in [0, 0.05) is 6.42 Å². The molecule has 1 aliphatic carbocycles. The number of ketones is 1. The van der Waals surface area contributed by atoms with Crippen molar-refractivity contribution in [3.63, 3.8) is 0 Å². The summed E-state index contributed by atoms with van der Waals surface area (Å²) in [7, 11) is 0. The van der Waals surface area contributed by atoms with E-state index in [-0.39, 0.29) is 30.5 Å². The molecule has 0 amide bonds. The summed E-state index contributed by atoms with van der Waals surface area (Å²) in [5, 5.41) is 4.14. The maximum atomic E-state index is 14.1. The van der Waals surface area contributed by atoms with E-state index < -0.39 is 24.0 Å². The van der Waals surface area contributed by atoms with Gasteiger partial charge in [-0.3, -0.25) is 4.79 Å². The SMILES string of the molecule is O=C(c1nc2n(n1)[C@@H](c1ccccc1)C[C@H]2F)[C@@H]1C[C@@H]1F. The van der Waals surface area contributed by atoms with Gasteiger partial charge in [0.2, 0.25) is 11.6 Å². The van der Waals surface area contributed by atoms with Gasteiger partial charge < -0.3 is 0 Å². The fourth-order valence-corrected chi connectivity index (χ4v) is 2.84. The summed E-state index contributed by atoms with van der Waals surface area (Å²) in [6.45, 7) is 0. The average Bonchev–Trinajstić information content (AvgIpc) is 2.95. The Labute approximate surface area is 119 Å². The summed E-state index contributed by atoms with van der Waals surface area (Å²) >= 11 is 0. The highest BCUT2D eigenvalue weighted by atomic mass is 19.1. The van der Waals surface area contributed by atoms with E-state index in [1.165, 1.54) is 4.68 Å². The van der Waals surface area contributed by atoms with E-state index in [2.05, 4.69) is 10.1 Å². The summed E-state index contributed by atoms with van der Waals surface area (Å²) in [6, 6.07) is 9.17. The fourth-order valence-electron chi connectivity index (χ4n) is 2.84. The summed E-state index contributed by atoms with van der Waals surface area (Å²) in [6.07, 6.45) is -1.85. The summed E-state index contributed by atoms with van der Waals surface area (Å²) < 4.78 is 28.6. The first-order valence-electron chi connectivity index (χ1n) is 6.99. The van der Waals surface area contributed by atoms with E-state index in [0.717, 1.165) is 5.56 Å². The quantitative estimate of drug-likeness (QED) is 0.816. The monoisotopic (exact) mass is 289 g/mol.